The monoisotopic (exact) mass is 985 g/mol. The van der Waals surface area contributed by atoms with Gasteiger partial charge in [0.2, 0.25) is 0 Å². The summed E-state index contributed by atoms with van der Waals surface area (Å²) in [6.45, 7) is 41.9. The summed E-state index contributed by atoms with van der Waals surface area (Å²) in [5.41, 5.74) is 33.5. The Hall–Kier alpha value is -5.80. The van der Waals surface area contributed by atoms with Crippen molar-refractivity contribution in [2.45, 2.75) is 194 Å². The van der Waals surface area contributed by atoms with Crippen LogP contribution in [0.3, 0.4) is 0 Å². The van der Waals surface area contributed by atoms with Crippen molar-refractivity contribution in [2.75, 3.05) is 9.71 Å². The Bertz CT molecular complexity index is 3620. The first-order valence-corrected chi connectivity index (χ1v) is 28.8. The number of anilines is 5. The minimum Gasteiger partial charge on any atom is -0.376 e. The second-order valence-electron chi connectivity index (χ2n) is 29.1. The van der Waals surface area contributed by atoms with E-state index in [2.05, 4.69) is 237 Å². The fourth-order valence-corrected chi connectivity index (χ4v) is 16.0. The molecule has 2 heterocycles. The van der Waals surface area contributed by atoms with Crippen LogP contribution < -0.4 is 20.6 Å². The first kappa shape index (κ1) is 48.8. The molecule has 2 nitrogen and oxygen atoms in total. The highest BCUT2D eigenvalue weighted by atomic mass is 15.2. The van der Waals surface area contributed by atoms with Crippen molar-refractivity contribution < 1.29 is 0 Å². The van der Waals surface area contributed by atoms with Crippen molar-refractivity contribution in [3.05, 3.63) is 170 Å². The number of aryl methyl sites for hydroxylation is 3. The van der Waals surface area contributed by atoms with Crippen LogP contribution in [0, 0.1) is 20.8 Å². The van der Waals surface area contributed by atoms with E-state index in [-0.39, 0.29) is 44.8 Å². The quantitative estimate of drug-likeness (QED) is 0.163. The van der Waals surface area contributed by atoms with Gasteiger partial charge in [-0.3, -0.25) is 0 Å². The van der Waals surface area contributed by atoms with Crippen molar-refractivity contribution in [2.24, 2.45) is 0 Å². The number of fused-ring (bicyclic) bond motifs is 11. The lowest BCUT2D eigenvalue weighted by Crippen LogP contribution is -2.62. The standard InChI is InChI=1S/C72H81BN2/c1-42-21-20-22-43(2)62(42)45-36-50-49-39-55-57(71(14,15)34-32-69(55,10)11)41-60(49)75(46-25-27-52-54(38-46)68(8,9)30-29-66(52,4)5)73-58-28-26-48-47-23-18-19-24-51(47)72(16,17)63(48)65(58)74(61(37-45)64(50)73)59-40-56-53(35-44(59)3)67(6,7)31-33-70(56,12)13/h18-28,35-41H,29-34H2,1-17H3. The summed E-state index contributed by atoms with van der Waals surface area (Å²) in [6, 6.07) is 44.9. The lowest BCUT2D eigenvalue weighted by Gasteiger charge is -2.50. The Morgan fingerprint density at radius 2 is 0.920 bits per heavy atom. The van der Waals surface area contributed by atoms with Crippen LogP contribution in [0.5, 0.6) is 0 Å². The van der Waals surface area contributed by atoms with Gasteiger partial charge < -0.3 is 9.71 Å². The Kier molecular flexibility index (Phi) is 10.1. The summed E-state index contributed by atoms with van der Waals surface area (Å²) in [4.78, 5) is 5.69. The van der Waals surface area contributed by atoms with Crippen molar-refractivity contribution >= 4 is 46.2 Å². The molecule has 0 radical (unpaired) electrons. The first-order valence-electron chi connectivity index (χ1n) is 28.8. The molecule has 0 saturated heterocycles. The third-order valence-electron chi connectivity index (χ3n) is 21.0. The molecule has 0 atom stereocenters. The summed E-state index contributed by atoms with van der Waals surface area (Å²) in [5.74, 6) is 0. The maximum atomic E-state index is 2.86. The molecule has 4 aliphatic carbocycles. The van der Waals surface area contributed by atoms with Gasteiger partial charge >= 0.3 is 6.85 Å². The van der Waals surface area contributed by atoms with Crippen LogP contribution in [-0.4, -0.2) is 6.85 Å². The van der Waals surface area contributed by atoms with Crippen molar-refractivity contribution in [3.63, 3.8) is 0 Å². The number of rotatable bonds is 3. The molecular weight excluding hydrogens is 904 g/mol. The maximum Gasteiger partial charge on any atom is 0.333 e. The van der Waals surface area contributed by atoms with E-state index in [1.165, 1.54) is 172 Å². The Morgan fingerprint density at radius 1 is 0.387 bits per heavy atom. The van der Waals surface area contributed by atoms with Gasteiger partial charge in [0.15, 0.2) is 0 Å². The van der Waals surface area contributed by atoms with Crippen LogP contribution in [-0.2, 0) is 37.9 Å². The third-order valence-corrected chi connectivity index (χ3v) is 21.0. The normalized spacial score (nSPS) is 20.7. The van der Waals surface area contributed by atoms with Gasteiger partial charge in [0, 0.05) is 39.4 Å². The lowest BCUT2D eigenvalue weighted by molar-refractivity contribution is 0.332. The number of benzene rings is 7. The molecule has 13 rings (SSSR count). The van der Waals surface area contributed by atoms with Crippen LogP contribution in [0.4, 0.5) is 28.4 Å². The zero-order valence-electron chi connectivity index (χ0n) is 48.6. The predicted molar refractivity (Wildman–Crippen MR) is 323 cm³/mol. The molecule has 0 aromatic heterocycles. The zero-order valence-corrected chi connectivity index (χ0v) is 48.6. The van der Waals surface area contributed by atoms with Crippen LogP contribution in [0.15, 0.2) is 109 Å². The Morgan fingerprint density at radius 3 is 1.53 bits per heavy atom. The zero-order chi connectivity index (χ0) is 53.1. The van der Waals surface area contributed by atoms with Gasteiger partial charge in [0.1, 0.15) is 0 Å². The predicted octanol–water partition coefficient (Wildman–Crippen LogP) is 18.3. The molecular formula is C72H81BN2. The van der Waals surface area contributed by atoms with Crippen LogP contribution >= 0.6 is 0 Å². The molecule has 0 amide bonds. The van der Waals surface area contributed by atoms with E-state index in [4.69, 9.17) is 0 Å². The molecule has 0 fully saturated rings. The topological polar surface area (TPSA) is 6.48 Å². The van der Waals surface area contributed by atoms with E-state index in [0.717, 1.165) is 0 Å². The summed E-state index contributed by atoms with van der Waals surface area (Å²) < 4.78 is 0. The minimum absolute atomic E-state index is 0.0309. The fraction of sp³-hybridized carbons (Fsp3) is 0.417. The summed E-state index contributed by atoms with van der Waals surface area (Å²) in [5, 5.41) is 0. The van der Waals surface area contributed by atoms with E-state index in [1.54, 1.807) is 0 Å². The van der Waals surface area contributed by atoms with E-state index in [0.29, 0.717) is 0 Å². The lowest BCUT2D eigenvalue weighted by atomic mass is 9.42. The Balaban J connectivity index is 1.23. The van der Waals surface area contributed by atoms with E-state index < -0.39 is 0 Å². The van der Waals surface area contributed by atoms with Gasteiger partial charge in [0.25, 0.3) is 0 Å². The molecule has 0 spiro atoms. The minimum atomic E-state index is -0.267. The molecule has 0 unspecified atom stereocenters. The van der Waals surface area contributed by atoms with Crippen molar-refractivity contribution in [3.8, 4) is 33.4 Å². The van der Waals surface area contributed by atoms with Crippen LogP contribution in [0.25, 0.3) is 33.4 Å². The third kappa shape index (κ3) is 6.77. The highest BCUT2D eigenvalue weighted by Gasteiger charge is 2.52. The van der Waals surface area contributed by atoms with Gasteiger partial charge in [-0.05, 0) is 234 Å². The number of nitrogens with zero attached hydrogens (tertiary/aromatic N) is 2. The van der Waals surface area contributed by atoms with Crippen molar-refractivity contribution in [1.82, 2.24) is 0 Å². The molecule has 75 heavy (non-hydrogen) atoms. The number of hydrogen-bond acceptors (Lipinski definition) is 2. The molecule has 3 heteroatoms. The highest BCUT2D eigenvalue weighted by Crippen LogP contribution is 2.60. The second-order valence-corrected chi connectivity index (χ2v) is 29.1. The van der Waals surface area contributed by atoms with Crippen LogP contribution in [0.1, 0.15) is 197 Å². The van der Waals surface area contributed by atoms with Gasteiger partial charge in [-0.1, -0.05) is 164 Å². The molecule has 2 aliphatic heterocycles. The molecule has 0 saturated carbocycles. The molecule has 7 aromatic carbocycles. The SMILES string of the molecule is Cc1cc2c(cc1N1c3cc(-c4c(C)cccc4C)cc4c3B(c3ccc5c(c31)C(C)(C)c1ccccc1-5)N(c1ccc3c(c1)C(C)(C)CCC3(C)C)c1cc3c(cc1-4)C(C)(C)CCC3(C)C)C(C)(C)CCC2(C)C. The van der Waals surface area contributed by atoms with E-state index in [9.17, 15) is 0 Å². The summed E-state index contributed by atoms with van der Waals surface area (Å²) >= 11 is 0. The van der Waals surface area contributed by atoms with E-state index >= 15 is 0 Å². The Labute approximate surface area is 451 Å². The average Bonchev–Trinajstić information content (AvgIpc) is 3.67. The van der Waals surface area contributed by atoms with Gasteiger partial charge in [-0.2, -0.15) is 0 Å². The molecule has 0 N–H and O–H groups in total. The fourth-order valence-electron chi connectivity index (χ4n) is 16.0. The van der Waals surface area contributed by atoms with Crippen molar-refractivity contribution in [1.29, 1.82) is 0 Å². The number of hydrogen-bond donors (Lipinski definition) is 0. The van der Waals surface area contributed by atoms with Gasteiger partial charge in [-0.15, -0.1) is 0 Å². The van der Waals surface area contributed by atoms with E-state index in [1.807, 2.05) is 0 Å². The summed E-state index contributed by atoms with van der Waals surface area (Å²) in [7, 11) is 0. The molecule has 0 bridgehead atoms. The molecule has 382 valence electrons. The molecule has 7 aromatic rings. The summed E-state index contributed by atoms with van der Waals surface area (Å²) in [6.07, 6.45) is 7.07. The average molecular weight is 985 g/mol. The van der Waals surface area contributed by atoms with Gasteiger partial charge in [0.05, 0.1) is 0 Å². The maximum absolute atomic E-state index is 2.86. The largest absolute Gasteiger partial charge is 0.376 e. The van der Waals surface area contributed by atoms with Gasteiger partial charge in [-0.25, -0.2) is 0 Å². The first-order chi connectivity index (χ1) is 35.1. The smallest absolute Gasteiger partial charge is 0.333 e. The molecule has 6 aliphatic rings. The second kappa shape index (κ2) is 15.4. The van der Waals surface area contributed by atoms with Crippen LogP contribution in [0.2, 0.25) is 0 Å². The highest BCUT2D eigenvalue weighted by molar-refractivity contribution is 6.93.